The number of nitriles is 1. The highest BCUT2D eigenvalue weighted by molar-refractivity contribution is 5.55. The molecule has 0 amide bonds. The van der Waals surface area contributed by atoms with E-state index in [9.17, 15) is 10.1 Å². The van der Waals surface area contributed by atoms with E-state index in [1.54, 1.807) is 10.7 Å². The van der Waals surface area contributed by atoms with E-state index in [4.69, 9.17) is 4.98 Å². The normalized spacial score (nSPS) is 23.1. The first-order valence-electron chi connectivity index (χ1n) is 11.0. The van der Waals surface area contributed by atoms with Gasteiger partial charge in [0, 0.05) is 17.8 Å². The topological polar surface area (TPSA) is 83.6 Å². The summed E-state index contributed by atoms with van der Waals surface area (Å²) >= 11 is 0. The summed E-state index contributed by atoms with van der Waals surface area (Å²) in [7, 11) is 0. The number of rotatable bonds is 3. The Labute approximate surface area is 171 Å². The summed E-state index contributed by atoms with van der Waals surface area (Å²) in [4.78, 5) is 17.3. The number of hydrogen-bond donors (Lipinski definition) is 1. The first-order chi connectivity index (χ1) is 14.2. The Morgan fingerprint density at radius 2 is 1.69 bits per heavy atom. The van der Waals surface area contributed by atoms with Crippen molar-refractivity contribution in [3.63, 3.8) is 0 Å². The Hall–Kier alpha value is -2.68. The molecule has 0 unspecified atom stereocenters. The van der Waals surface area contributed by atoms with Crippen LogP contribution >= 0.6 is 0 Å². The van der Waals surface area contributed by atoms with Crippen LogP contribution in [0.1, 0.15) is 79.1 Å². The van der Waals surface area contributed by atoms with Crippen molar-refractivity contribution in [2.24, 2.45) is 0 Å². The van der Waals surface area contributed by atoms with Crippen LogP contribution in [0.25, 0.3) is 0 Å². The molecule has 0 aromatic carbocycles. The van der Waals surface area contributed by atoms with E-state index >= 15 is 0 Å². The van der Waals surface area contributed by atoms with Gasteiger partial charge < -0.3 is 5.32 Å². The second-order valence-corrected chi connectivity index (χ2v) is 8.71. The van der Waals surface area contributed by atoms with E-state index in [0.717, 1.165) is 80.6 Å². The molecular formula is C23H27N5O. The van der Waals surface area contributed by atoms with Gasteiger partial charge in [-0.2, -0.15) is 10.4 Å². The maximum Gasteiger partial charge on any atom is 0.267 e. The van der Waals surface area contributed by atoms with E-state index in [0.29, 0.717) is 5.56 Å². The number of hydrogen-bond acceptors (Lipinski definition) is 5. The molecule has 1 saturated carbocycles. The number of anilines is 1. The van der Waals surface area contributed by atoms with Crippen molar-refractivity contribution in [3.8, 4) is 6.07 Å². The first-order valence-corrected chi connectivity index (χ1v) is 11.0. The van der Waals surface area contributed by atoms with Crippen molar-refractivity contribution in [1.82, 2.24) is 14.8 Å². The molecule has 6 nitrogen and oxygen atoms in total. The number of nitrogens with zero attached hydrogens (tertiary/aromatic N) is 4. The summed E-state index contributed by atoms with van der Waals surface area (Å²) in [5, 5.41) is 17.8. The minimum absolute atomic E-state index is 0.0465. The Balaban J connectivity index is 1.28. The van der Waals surface area contributed by atoms with Gasteiger partial charge in [-0.1, -0.05) is 0 Å². The zero-order valence-electron chi connectivity index (χ0n) is 16.8. The van der Waals surface area contributed by atoms with Gasteiger partial charge in [-0.05, 0) is 87.8 Å². The van der Waals surface area contributed by atoms with Crippen LogP contribution in [-0.2, 0) is 25.7 Å². The van der Waals surface area contributed by atoms with Crippen LogP contribution < -0.4 is 10.9 Å². The molecule has 0 bridgehead atoms. The van der Waals surface area contributed by atoms with E-state index in [1.807, 2.05) is 6.07 Å². The van der Waals surface area contributed by atoms with Crippen LogP contribution in [0.5, 0.6) is 0 Å². The highest BCUT2D eigenvalue weighted by Crippen LogP contribution is 2.31. The molecule has 3 aliphatic rings. The van der Waals surface area contributed by atoms with Crippen LogP contribution in [0.15, 0.2) is 16.9 Å². The third kappa shape index (κ3) is 3.55. The van der Waals surface area contributed by atoms with Crippen LogP contribution in [0.3, 0.4) is 0 Å². The summed E-state index contributed by atoms with van der Waals surface area (Å²) < 4.78 is 1.73. The fourth-order valence-electron chi connectivity index (χ4n) is 5.16. The molecule has 3 aliphatic carbocycles. The highest BCUT2D eigenvalue weighted by atomic mass is 16.1. The molecule has 2 heterocycles. The molecule has 2 aromatic heterocycles. The maximum absolute atomic E-state index is 12.5. The molecular weight excluding hydrogens is 362 g/mol. The van der Waals surface area contributed by atoms with Gasteiger partial charge in [-0.25, -0.2) is 9.67 Å². The average Bonchev–Trinajstić information content (AvgIpc) is 3.20. The second-order valence-electron chi connectivity index (χ2n) is 8.71. The molecule has 1 fully saturated rings. The second kappa shape index (κ2) is 7.62. The highest BCUT2D eigenvalue weighted by Gasteiger charge is 2.26. The van der Waals surface area contributed by atoms with Crippen LogP contribution in [0.4, 0.5) is 5.82 Å². The monoisotopic (exact) mass is 389 g/mol. The van der Waals surface area contributed by atoms with E-state index < -0.39 is 0 Å². The summed E-state index contributed by atoms with van der Waals surface area (Å²) in [5.41, 5.74) is 5.35. The number of aromatic nitrogens is 3. The van der Waals surface area contributed by atoms with Crippen molar-refractivity contribution < 1.29 is 0 Å². The lowest BCUT2D eigenvalue weighted by Crippen LogP contribution is -2.34. The van der Waals surface area contributed by atoms with Gasteiger partial charge in [0.2, 0.25) is 0 Å². The molecule has 0 radical (unpaired) electrons. The molecule has 29 heavy (non-hydrogen) atoms. The third-order valence-corrected chi connectivity index (χ3v) is 6.79. The number of aryl methyl sites for hydroxylation is 4. The fraction of sp³-hybridized carbons (Fsp3) is 0.565. The lowest BCUT2D eigenvalue weighted by molar-refractivity contribution is 0.301. The van der Waals surface area contributed by atoms with Crippen LogP contribution in [0.2, 0.25) is 0 Å². The molecule has 0 spiro atoms. The predicted octanol–water partition coefficient (Wildman–Crippen LogP) is 3.47. The molecule has 1 N–H and O–H groups in total. The molecule has 0 atom stereocenters. The maximum atomic E-state index is 12.5. The SMILES string of the molecule is N#Cc1cc2c(nc1NC1CCC(n3nc4c(cc3=O)CCC4)CC1)CCCC2. The van der Waals surface area contributed by atoms with Crippen molar-refractivity contribution in [2.45, 2.75) is 82.7 Å². The van der Waals surface area contributed by atoms with Gasteiger partial charge in [-0.15, -0.1) is 0 Å². The third-order valence-electron chi connectivity index (χ3n) is 6.79. The number of pyridine rings is 1. The average molecular weight is 390 g/mol. The van der Waals surface area contributed by atoms with Crippen molar-refractivity contribution in [2.75, 3.05) is 5.32 Å². The fourth-order valence-corrected chi connectivity index (χ4v) is 5.16. The molecule has 5 rings (SSSR count). The molecule has 0 saturated heterocycles. The minimum atomic E-state index is 0.0465. The Bertz CT molecular complexity index is 1030. The molecule has 150 valence electrons. The van der Waals surface area contributed by atoms with Crippen LogP contribution in [0, 0.1) is 11.3 Å². The van der Waals surface area contributed by atoms with Crippen LogP contribution in [-0.4, -0.2) is 20.8 Å². The summed E-state index contributed by atoms with van der Waals surface area (Å²) in [6.45, 7) is 0. The lowest BCUT2D eigenvalue weighted by Gasteiger charge is -2.30. The Morgan fingerprint density at radius 1 is 0.966 bits per heavy atom. The van der Waals surface area contributed by atoms with E-state index in [-0.39, 0.29) is 17.6 Å². The molecule has 2 aromatic rings. The Kier molecular flexibility index (Phi) is 4.83. The zero-order valence-corrected chi connectivity index (χ0v) is 16.8. The summed E-state index contributed by atoms with van der Waals surface area (Å²) in [6.07, 6.45) is 11.3. The van der Waals surface area contributed by atoms with E-state index in [2.05, 4.69) is 16.5 Å². The first kappa shape index (κ1) is 18.4. The quantitative estimate of drug-likeness (QED) is 0.869. The van der Waals surface area contributed by atoms with E-state index in [1.165, 1.54) is 18.4 Å². The Morgan fingerprint density at radius 3 is 2.52 bits per heavy atom. The molecule has 6 heteroatoms. The predicted molar refractivity (Wildman–Crippen MR) is 111 cm³/mol. The van der Waals surface area contributed by atoms with Gasteiger partial charge in [0.1, 0.15) is 11.9 Å². The van der Waals surface area contributed by atoms with Gasteiger partial charge in [-0.3, -0.25) is 4.79 Å². The van der Waals surface area contributed by atoms with Gasteiger partial charge in [0.25, 0.3) is 5.56 Å². The van der Waals surface area contributed by atoms with Gasteiger partial charge in [0.15, 0.2) is 0 Å². The smallest absolute Gasteiger partial charge is 0.267 e. The van der Waals surface area contributed by atoms with Gasteiger partial charge >= 0.3 is 0 Å². The van der Waals surface area contributed by atoms with Crippen molar-refractivity contribution in [1.29, 1.82) is 5.26 Å². The largest absolute Gasteiger partial charge is 0.366 e. The minimum Gasteiger partial charge on any atom is -0.366 e. The van der Waals surface area contributed by atoms with Gasteiger partial charge in [0.05, 0.1) is 17.3 Å². The standard InChI is InChI=1S/C23H27N5O/c24-14-17-12-15-4-1-2-6-20(15)26-23(17)25-18-8-10-19(11-9-18)28-22(29)13-16-5-3-7-21(16)27-28/h12-13,18-19H,1-11H2,(H,25,26). The van der Waals surface area contributed by atoms with Crippen molar-refractivity contribution in [3.05, 3.63) is 50.6 Å². The van der Waals surface area contributed by atoms with Crippen molar-refractivity contribution >= 4 is 5.82 Å². The lowest BCUT2D eigenvalue weighted by atomic mass is 9.90. The summed E-state index contributed by atoms with van der Waals surface area (Å²) in [5.74, 6) is 0.740. The number of nitrogens with one attached hydrogen (secondary N) is 1. The zero-order chi connectivity index (χ0) is 19.8. The molecule has 0 aliphatic heterocycles. The number of fused-ring (bicyclic) bond motifs is 2. The summed E-state index contributed by atoms with van der Waals surface area (Å²) in [6, 6.07) is 6.62.